The molecule has 0 saturated carbocycles. The minimum absolute atomic E-state index is 0.0110. The predicted octanol–water partition coefficient (Wildman–Crippen LogP) is 2.31. The summed E-state index contributed by atoms with van der Waals surface area (Å²) >= 11 is 3.37. The highest BCUT2D eigenvalue weighted by atomic mass is 79.9. The molecule has 2 rings (SSSR count). The van der Waals surface area contributed by atoms with Gasteiger partial charge in [0.1, 0.15) is 0 Å². The zero-order valence-electron chi connectivity index (χ0n) is 10.7. The second-order valence-electron chi connectivity index (χ2n) is 5.24. The molecule has 1 heterocycles. The van der Waals surface area contributed by atoms with Crippen molar-refractivity contribution in [3.05, 3.63) is 34.3 Å². The average Bonchev–Trinajstić information content (AvgIpc) is 2.73. The maximum absolute atomic E-state index is 12.2. The summed E-state index contributed by atoms with van der Waals surface area (Å²) in [6.45, 7) is 2.52. The molecule has 1 saturated heterocycles. The molecular formula is C14H16BrNO3. The number of nitrogens with zero attached hydrogens (tertiary/aromatic N) is 1. The van der Waals surface area contributed by atoms with Crippen molar-refractivity contribution in [1.29, 1.82) is 0 Å². The average molecular weight is 326 g/mol. The molecule has 0 aromatic heterocycles. The first kappa shape index (κ1) is 14.1. The molecular weight excluding hydrogens is 310 g/mol. The number of amides is 1. The maximum atomic E-state index is 12.2. The van der Waals surface area contributed by atoms with Crippen LogP contribution in [0.2, 0.25) is 0 Å². The minimum Gasteiger partial charge on any atom is -0.481 e. The lowest BCUT2D eigenvalue weighted by Crippen LogP contribution is -2.35. The van der Waals surface area contributed by atoms with Crippen molar-refractivity contribution in [2.45, 2.75) is 19.8 Å². The summed E-state index contributed by atoms with van der Waals surface area (Å²) in [5, 5.41) is 9.15. The van der Waals surface area contributed by atoms with Gasteiger partial charge in [0, 0.05) is 17.6 Å². The van der Waals surface area contributed by atoms with Crippen molar-refractivity contribution in [3.8, 4) is 0 Å². The van der Waals surface area contributed by atoms with Gasteiger partial charge in [-0.1, -0.05) is 28.1 Å². The fourth-order valence-electron chi connectivity index (χ4n) is 2.28. The number of aliphatic carboxylic acids is 1. The number of likely N-dealkylation sites (tertiary alicyclic amines) is 1. The van der Waals surface area contributed by atoms with Crippen molar-refractivity contribution in [1.82, 2.24) is 4.90 Å². The van der Waals surface area contributed by atoms with E-state index in [0.29, 0.717) is 25.9 Å². The van der Waals surface area contributed by atoms with Gasteiger partial charge in [-0.2, -0.15) is 0 Å². The van der Waals surface area contributed by atoms with Crippen molar-refractivity contribution in [2.24, 2.45) is 5.41 Å². The first-order chi connectivity index (χ1) is 8.90. The quantitative estimate of drug-likeness (QED) is 0.927. The van der Waals surface area contributed by atoms with Crippen LogP contribution >= 0.6 is 15.9 Å². The SMILES string of the molecule is C[C@@]1(C(=O)O)CCN(C(=O)Cc2cccc(Br)c2)C1. The fraction of sp³-hybridized carbons (Fsp3) is 0.429. The van der Waals surface area contributed by atoms with E-state index in [1.807, 2.05) is 24.3 Å². The van der Waals surface area contributed by atoms with Gasteiger partial charge in [-0.05, 0) is 31.0 Å². The van der Waals surface area contributed by atoms with Crippen molar-refractivity contribution < 1.29 is 14.7 Å². The van der Waals surface area contributed by atoms with Gasteiger partial charge in [0.25, 0.3) is 0 Å². The van der Waals surface area contributed by atoms with Crippen LogP contribution in [0.15, 0.2) is 28.7 Å². The molecule has 1 aliphatic heterocycles. The number of halogens is 1. The molecule has 19 heavy (non-hydrogen) atoms. The van der Waals surface area contributed by atoms with Crippen LogP contribution in [0.4, 0.5) is 0 Å². The topological polar surface area (TPSA) is 57.6 Å². The van der Waals surface area contributed by atoms with Crippen molar-refractivity contribution in [3.63, 3.8) is 0 Å². The summed E-state index contributed by atoms with van der Waals surface area (Å²) in [7, 11) is 0. The fourth-order valence-corrected chi connectivity index (χ4v) is 2.73. The van der Waals surface area contributed by atoms with Crippen LogP contribution in [0.1, 0.15) is 18.9 Å². The molecule has 0 radical (unpaired) electrons. The Kier molecular flexibility index (Phi) is 3.94. The normalized spacial score (nSPS) is 22.5. The molecule has 0 aliphatic carbocycles. The third-order valence-electron chi connectivity index (χ3n) is 3.59. The second kappa shape index (κ2) is 5.33. The third kappa shape index (κ3) is 3.15. The first-order valence-electron chi connectivity index (χ1n) is 6.16. The number of carboxylic acids is 1. The molecule has 4 nitrogen and oxygen atoms in total. The molecule has 1 aromatic carbocycles. The summed E-state index contributed by atoms with van der Waals surface area (Å²) in [5.41, 5.74) is 0.135. The Morgan fingerprint density at radius 1 is 1.47 bits per heavy atom. The lowest BCUT2D eigenvalue weighted by Gasteiger charge is -2.20. The standard InChI is InChI=1S/C14H16BrNO3/c1-14(13(18)19)5-6-16(9-14)12(17)8-10-3-2-4-11(15)7-10/h2-4,7H,5-6,8-9H2,1H3,(H,18,19)/t14-/m1/s1. The monoisotopic (exact) mass is 325 g/mol. The van der Waals surface area contributed by atoms with Crippen molar-refractivity contribution >= 4 is 27.8 Å². The summed E-state index contributed by atoms with van der Waals surface area (Å²) in [4.78, 5) is 25.0. The number of benzene rings is 1. The second-order valence-corrected chi connectivity index (χ2v) is 6.15. The van der Waals surface area contributed by atoms with Crippen LogP contribution in [0.3, 0.4) is 0 Å². The number of hydrogen-bond acceptors (Lipinski definition) is 2. The highest BCUT2D eigenvalue weighted by Crippen LogP contribution is 2.30. The van der Waals surface area contributed by atoms with Gasteiger partial charge < -0.3 is 10.0 Å². The molecule has 0 bridgehead atoms. The number of carboxylic acid groups (broad SMARTS) is 1. The Balaban J connectivity index is 2.01. The van der Waals surface area contributed by atoms with E-state index in [-0.39, 0.29) is 5.91 Å². The van der Waals surface area contributed by atoms with Gasteiger partial charge in [0.2, 0.25) is 5.91 Å². The van der Waals surface area contributed by atoms with E-state index in [1.165, 1.54) is 0 Å². The zero-order valence-corrected chi connectivity index (χ0v) is 12.3. The summed E-state index contributed by atoms with van der Waals surface area (Å²) in [6, 6.07) is 7.60. The van der Waals surface area contributed by atoms with Gasteiger partial charge in [0.15, 0.2) is 0 Å². The predicted molar refractivity (Wildman–Crippen MR) is 74.8 cm³/mol. The van der Waals surface area contributed by atoms with E-state index in [4.69, 9.17) is 5.11 Å². The Labute approximate surface area is 120 Å². The van der Waals surface area contributed by atoms with Crippen LogP contribution in [0, 0.1) is 5.41 Å². The molecule has 1 fully saturated rings. The van der Waals surface area contributed by atoms with E-state index in [0.717, 1.165) is 10.0 Å². The Bertz CT molecular complexity index is 517. The minimum atomic E-state index is -0.828. The number of hydrogen-bond donors (Lipinski definition) is 1. The summed E-state index contributed by atoms with van der Waals surface area (Å²) in [6.07, 6.45) is 0.835. The first-order valence-corrected chi connectivity index (χ1v) is 6.96. The molecule has 1 atom stereocenters. The van der Waals surface area contributed by atoms with E-state index in [9.17, 15) is 9.59 Å². The van der Waals surface area contributed by atoms with Gasteiger partial charge >= 0.3 is 5.97 Å². The Morgan fingerprint density at radius 3 is 2.79 bits per heavy atom. The molecule has 0 spiro atoms. The lowest BCUT2D eigenvalue weighted by atomic mass is 9.90. The molecule has 1 N–H and O–H groups in total. The number of carbonyl (C=O) groups excluding carboxylic acids is 1. The molecule has 0 unspecified atom stereocenters. The van der Waals surface area contributed by atoms with Crippen molar-refractivity contribution in [2.75, 3.05) is 13.1 Å². The molecule has 1 aliphatic rings. The van der Waals surface area contributed by atoms with Crippen LogP contribution in [-0.2, 0) is 16.0 Å². The van der Waals surface area contributed by atoms with E-state index < -0.39 is 11.4 Å². The number of rotatable bonds is 3. The van der Waals surface area contributed by atoms with Crippen LogP contribution in [0.5, 0.6) is 0 Å². The van der Waals surface area contributed by atoms with E-state index in [1.54, 1.807) is 11.8 Å². The van der Waals surface area contributed by atoms with Crippen LogP contribution < -0.4 is 0 Å². The maximum Gasteiger partial charge on any atom is 0.311 e. The molecule has 102 valence electrons. The Morgan fingerprint density at radius 2 is 2.21 bits per heavy atom. The van der Waals surface area contributed by atoms with E-state index in [2.05, 4.69) is 15.9 Å². The lowest BCUT2D eigenvalue weighted by molar-refractivity contribution is -0.147. The van der Waals surface area contributed by atoms with E-state index >= 15 is 0 Å². The van der Waals surface area contributed by atoms with Crippen LogP contribution in [0.25, 0.3) is 0 Å². The van der Waals surface area contributed by atoms with Gasteiger partial charge in [-0.15, -0.1) is 0 Å². The van der Waals surface area contributed by atoms with Crippen LogP contribution in [-0.4, -0.2) is 35.0 Å². The highest BCUT2D eigenvalue weighted by molar-refractivity contribution is 9.10. The zero-order chi connectivity index (χ0) is 14.0. The summed E-state index contributed by atoms with van der Waals surface area (Å²) in [5.74, 6) is -0.840. The number of carbonyl (C=O) groups is 2. The summed E-state index contributed by atoms with van der Waals surface area (Å²) < 4.78 is 0.939. The molecule has 1 amide bonds. The molecule has 1 aromatic rings. The van der Waals surface area contributed by atoms with Gasteiger partial charge in [-0.3, -0.25) is 9.59 Å². The van der Waals surface area contributed by atoms with Gasteiger partial charge in [0.05, 0.1) is 11.8 Å². The highest BCUT2D eigenvalue weighted by Gasteiger charge is 2.41. The smallest absolute Gasteiger partial charge is 0.311 e. The Hall–Kier alpha value is -1.36. The van der Waals surface area contributed by atoms with Gasteiger partial charge in [-0.25, -0.2) is 0 Å². The third-order valence-corrected chi connectivity index (χ3v) is 4.08. The molecule has 5 heteroatoms. The largest absolute Gasteiger partial charge is 0.481 e.